The fourth-order valence-corrected chi connectivity index (χ4v) is 2.04. The van der Waals surface area contributed by atoms with Crippen molar-refractivity contribution >= 4 is 34.9 Å². The van der Waals surface area contributed by atoms with Gasteiger partial charge in [-0.3, -0.25) is 0 Å². The fraction of sp³-hybridized carbons (Fsp3) is 0.176. The summed E-state index contributed by atoms with van der Waals surface area (Å²) in [5, 5.41) is 8.48. The van der Waals surface area contributed by atoms with Gasteiger partial charge in [-0.15, -0.1) is 0 Å². The van der Waals surface area contributed by atoms with Crippen molar-refractivity contribution in [2.75, 3.05) is 0 Å². The smallest absolute Gasteiger partial charge is 0.211 e. The highest BCUT2D eigenvalue weighted by Crippen LogP contribution is 2.31. The van der Waals surface area contributed by atoms with Gasteiger partial charge in [0.25, 0.3) is 0 Å². The number of azo groups is 1. The molecule has 114 valence electrons. The van der Waals surface area contributed by atoms with Gasteiger partial charge in [0.05, 0.1) is 22.7 Å². The van der Waals surface area contributed by atoms with E-state index in [4.69, 9.17) is 0 Å². The van der Waals surface area contributed by atoms with Crippen molar-refractivity contribution in [3.63, 3.8) is 0 Å². The molecular weight excluding hydrogens is 292 g/mol. The van der Waals surface area contributed by atoms with Gasteiger partial charge in [-0.2, -0.15) is 20.2 Å². The summed E-state index contributed by atoms with van der Waals surface area (Å²) < 4.78 is 0. The molecule has 0 spiro atoms. The molecule has 0 saturated heterocycles. The van der Waals surface area contributed by atoms with Crippen LogP contribution in [0.1, 0.15) is 16.7 Å². The first-order valence-corrected chi connectivity index (χ1v) is 6.84. The average molecular weight is 306 g/mol. The average Bonchev–Trinajstić information content (AvgIpc) is 2.51. The van der Waals surface area contributed by atoms with Crippen molar-refractivity contribution in [3.05, 3.63) is 47.0 Å². The van der Waals surface area contributed by atoms with Gasteiger partial charge >= 0.3 is 0 Å². The lowest BCUT2D eigenvalue weighted by molar-refractivity contribution is 0.564. The molecule has 0 aliphatic carbocycles. The molecule has 0 N–H and O–H groups in total. The van der Waals surface area contributed by atoms with E-state index in [0.29, 0.717) is 22.7 Å². The predicted octanol–water partition coefficient (Wildman–Crippen LogP) is 4.96. The Morgan fingerprint density at radius 3 is 1.91 bits per heavy atom. The van der Waals surface area contributed by atoms with Gasteiger partial charge in [-0.25, -0.2) is 9.59 Å². The maximum atomic E-state index is 10.4. The predicted molar refractivity (Wildman–Crippen MR) is 86.8 cm³/mol. The van der Waals surface area contributed by atoms with Crippen LogP contribution in [0.3, 0.4) is 0 Å². The van der Waals surface area contributed by atoms with Crippen molar-refractivity contribution in [2.45, 2.75) is 20.8 Å². The van der Waals surface area contributed by atoms with Crippen LogP contribution in [0.2, 0.25) is 0 Å². The Morgan fingerprint density at radius 1 is 0.696 bits per heavy atom. The third-order valence-electron chi connectivity index (χ3n) is 3.30. The van der Waals surface area contributed by atoms with Gasteiger partial charge < -0.3 is 0 Å². The molecule has 0 heterocycles. The molecule has 0 atom stereocenters. The second-order valence-electron chi connectivity index (χ2n) is 5.00. The minimum absolute atomic E-state index is 0.527. The van der Waals surface area contributed by atoms with E-state index in [2.05, 4.69) is 20.2 Å². The van der Waals surface area contributed by atoms with Crippen molar-refractivity contribution in [3.8, 4) is 0 Å². The number of carbonyl (C=O) groups excluding carboxylic acids is 2. The van der Waals surface area contributed by atoms with Crippen molar-refractivity contribution in [1.82, 2.24) is 0 Å². The molecule has 0 saturated carbocycles. The van der Waals surface area contributed by atoms with Gasteiger partial charge in [-0.1, -0.05) is 0 Å². The Hall–Kier alpha value is -3.20. The first-order chi connectivity index (χ1) is 11.0. The molecule has 0 radical (unpaired) electrons. The zero-order valence-corrected chi connectivity index (χ0v) is 13.0. The highest BCUT2D eigenvalue weighted by atomic mass is 16.1. The molecule has 2 aromatic rings. The number of aliphatic imine (C=N–C) groups is 2. The number of hydrogen-bond acceptors (Lipinski definition) is 6. The minimum atomic E-state index is 0.527. The molecule has 6 heteroatoms. The SMILES string of the molecule is Cc1cc(/N=N/c2ccc(N=C=O)cc2C)c(C)cc1N=C=O. The van der Waals surface area contributed by atoms with Gasteiger partial charge in [0, 0.05) is 0 Å². The molecule has 0 fully saturated rings. The van der Waals surface area contributed by atoms with Crippen LogP contribution in [-0.2, 0) is 9.59 Å². The largest absolute Gasteiger partial charge is 0.240 e. The summed E-state index contributed by atoms with van der Waals surface area (Å²) in [5.74, 6) is 0. The normalized spacial score (nSPS) is 10.2. The van der Waals surface area contributed by atoms with Crippen molar-refractivity contribution in [2.24, 2.45) is 20.2 Å². The van der Waals surface area contributed by atoms with Gasteiger partial charge in [-0.05, 0) is 67.8 Å². The summed E-state index contributed by atoms with van der Waals surface area (Å²) >= 11 is 0. The molecule has 2 rings (SSSR count). The number of hydrogen-bond donors (Lipinski definition) is 0. The first-order valence-electron chi connectivity index (χ1n) is 6.84. The van der Waals surface area contributed by atoms with Crippen molar-refractivity contribution in [1.29, 1.82) is 0 Å². The van der Waals surface area contributed by atoms with Crippen LogP contribution in [0.4, 0.5) is 22.7 Å². The molecular formula is C17H14N4O2. The Kier molecular flexibility index (Phi) is 5.05. The third kappa shape index (κ3) is 3.92. The summed E-state index contributed by atoms with van der Waals surface area (Å²) in [7, 11) is 0. The standard InChI is InChI=1S/C17H14N4O2/c1-11-6-14(18-9-22)4-5-15(11)20-21-17-8-12(2)16(19-10-23)7-13(17)3/h4-8H,1-3H3/b21-20+. The van der Waals surface area contributed by atoms with Crippen LogP contribution in [0.15, 0.2) is 50.5 Å². The molecule has 0 aromatic heterocycles. The monoisotopic (exact) mass is 306 g/mol. The second kappa shape index (κ2) is 7.18. The lowest BCUT2D eigenvalue weighted by atomic mass is 10.1. The summed E-state index contributed by atoms with van der Waals surface area (Å²) in [6.07, 6.45) is 3.04. The number of nitrogens with zero attached hydrogens (tertiary/aromatic N) is 4. The van der Waals surface area contributed by atoms with Crippen LogP contribution in [0.25, 0.3) is 0 Å². The van der Waals surface area contributed by atoms with E-state index in [-0.39, 0.29) is 0 Å². The Balaban J connectivity index is 2.35. The lowest BCUT2D eigenvalue weighted by Gasteiger charge is -2.04. The van der Waals surface area contributed by atoms with Crippen LogP contribution in [0, 0.1) is 20.8 Å². The van der Waals surface area contributed by atoms with Crippen LogP contribution < -0.4 is 0 Å². The first kappa shape index (κ1) is 16.2. The summed E-state index contributed by atoms with van der Waals surface area (Å²) in [4.78, 5) is 27.8. The van der Waals surface area contributed by atoms with Crippen LogP contribution in [-0.4, -0.2) is 12.2 Å². The molecule has 0 bridgehead atoms. The maximum Gasteiger partial charge on any atom is 0.240 e. The Bertz CT molecular complexity index is 874. The highest BCUT2D eigenvalue weighted by Gasteiger charge is 2.04. The van der Waals surface area contributed by atoms with Gasteiger partial charge in [0.15, 0.2) is 0 Å². The molecule has 23 heavy (non-hydrogen) atoms. The van der Waals surface area contributed by atoms with E-state index in [1.54, 1.807) is 24.3 Å². The topological polar surface area (TPSA) is 83.6 Å². The third-order valence-corrected chi connectivity index (χ3v) is 3.30. The molecule has 0 amide bonds. The Labute approximate surface area is 133 Å². The van der Waals surface area contributed by atoms with E-state index in [9.17, 15) is 9.59 Å². The molecule has 0 aliphatic heterocycles. The quantitative estimate of drug-likeness (QED) is 0.454. The molecule has 6 nitrogen and oxygen atoms in total. The zero-order chi connectivity index (χ0) is 16.8. The van der Waals surface area contributed by atoms with E-state index in [1.165, 1.54) is 12.2 Å². The van der Waals surface area contributed by atoms with E-state index >= 15 is 0 Å². The lowest BCUT2D eigenvalue weighted by Crippen LogP contribution is -1.80. The van der Waals surface area contributed by atoms with E-state index in [0.717, 1.165) is 16.7 Å². The zero-order valence-electron chi connectivity index (χ0n) is 13.0. The van der Waals surface area contributed by atoms with E-state index in [1.807, 2.05) is 26.8 Å². The number of rotatable bonds is 4. The maximum absolute atomic E-state index is 10.4. The molecule has 2 aromatic carbocycles. The van der Waals surface area contributed by atoms with E-state index < -0.39 is 0 Å². The second-order valence-corrected chi connectivity index (χ2v) is 5.00. The van der Waals surface area contributed by atoms with Crippen LogP contribution >= 0.6 is 0 Å². The van der Waals surface area contributed by atoms with Gasteiger partial charge in [0.1, 0.15) is 0 Å². The van der Waals surface area contributed by atoms with Crippen molar-refractivity contribution < 1.29 is 9.59 Å². The summed E-state index contributed by atoms with van der Waals surface area (Å²) in [5.41, 5.74) is 5.00. The highest BCUT2D eigenvalue weighted by molar-refractivity contribution is 5.62. The summed E-state index contributed by atoms with van der Waals surface area (Å²) in [6.45, 7) is 5.57. The minimum Gasteiger partial charge on any atom is -0.211 e. The van der Waals surface area contributed by atoms with Gasteiger partial charge in [0.2, 0.25) is 12.2 Å². The summed E-state index contributed by atoms with van der Waals surface area (Å²) in [6, 6.07) is 8.73. The number of isocyanates is 2. The van der Waals surface area contributed by atoms with Crippen LogP contribution in [0.5, 0.6) is 0 Å². The molecule has 0 aliphatic rings. The molecule has 0 unspecified atom stereocenters. The fourth-order valence-electron chi connectivity index (χ4n) is 2.04. The number of aryl methyl sites for hydroxylation is 3. The Morgan fingerprint density at radius 2 is 1.26 bits per heavy atom. The number of benzene rings is 2.